The molecule has 0 amide bonds. The largest absolute Gasteiger partial charge is 0.496 e. The van der Waals surface area contributed by atoms with Crippen molar-refractivity contribution in [1.82, 2.24) is 14.3 Å². The van der Waals surface area contributed by atoms with Crippen molar-refractivity contribution in [2.24, 2.45) is 0 Å². The molecule has 0 bridgehead atoms. The molecule has 24 heavy (non-hydrogen) atoms. The van der Waals surface area contributed by atoms with Crippen molar-refractivity contribution in [3.8, 4) is 5.75 Å². The molecule has 0 saturated heterocycles. The molecule has 1 aromatic heterocycles. The van der Waals surface area contributed by atoms with E-state index in [0.717, 1.165) is 40.6 Å². The van der Waals surface area contributed by atoms with Crippen molar-refractivity contribution >= 4 is 28.1 Å². The van der Waals surface area contributed by atoms with Crippen LogP contribution in [0, 0.1) is 4.77 Å². The lowest BCUT2D eigenvalue weighted by molar-refractivity contribution is -0.917. The van der Waals surface area contributed by atoms with Gasteiger partial charge in [-0.05, 0) is 50.2 Å². The summed E-state index contributed by atoms with van der Waals surface area (Å²) < 4.78 is 11.5. The number of halogens is 1. The molecular formula is C17H24BrN4OS+. The maximum atomic E-state index is 5.63. The molecule has 0 radical (unpaired) electrons. The minimum absolute atomic E-state index is 0.610. The minimum atomic E-state index is 0.610. The second kappa shape index (κ2) is 7.37. The predicted octanol–water partition coefficient (Wildman–Crippen LogP) is 2.75. The molecule has 3 rings (SSSR count). The van der Waals surface area contributed by atoms with Crippen molar-refractivity contribution in [2.75, 3.05) is 14.2 Å². The van der Waals surface area contributed by atoms with Gasteiger partial charge in [-0.15, -0.1) is 0 Å². The van der Waals surface area contributed by atoms with Gasteiger partial charge in [0.1, 0.15) is 18.1 Å². The zero-order valence-electron chi connectivity index (χ0n) is 14.4. The Hall–Kier alpha value is -1.18. The Bertz CT molecular complexity index is 781. The Morgan fingerprint density at radius 2 is 2.17 bits per heavy atom. The van der Waals surface area contributed by atoms with Crippen LogP contribution in [0.5, 0.6) is 5.75 Å². The smallest absolute Gasteiger partial charge is 0.202 e. The predicted molar refractivity (Wildman–Crippen MR) is 100.0 cm³/mol. The fraction of sp³-hybridized carbons (Fsp3) is 0.529. The molecule has 1 unspecified atom stereocenters. The molecule has 0 spiro atoms. The Balaban J connectivity index is 1.77. The Labute approximate surface area is 156 Å². The molecule has 1 heterocycles. The van der Waals surface area contributed by atoms with Gasteiger partial charge in [0, 0.05) is 22.5 Å². The van der Waals surface area contributed by atoms with E-state index in [1.165, 1.54) is 23.3 Å². The van der Waals surface area contributed by atoms with Gasteiger partial charge in [-0.2, -0.15) is 9.78 Å². The number of benzene rings is 1. The van der Waals surface area contributed by atoms with E-state index in [9.17, 15) is 0 Å². The maximum absolute atomic E-state index is 5.63. The summed E-state index contributed by atoms with van der Waals surface area (Å²) in [5, 5.41) is 4.80. The third kappa shape index (κ3) is 3.73. The molecule has 1 aliphatic rings. The summed E-state index contributed by atoms with van der Waals surface area (Å²) >= 11 is 9.17. The maximum Gasteiger partial charge on any atom is 0.202 e. The molecule has 0 aliphatic heterocycles. The van der Waals surface area contributed by atoms with Crippen LogP contribution in [0.2, 0.25) is 0 Å². The van der Waals surface area contributed by atoms with E-state index in [1.54, 1.807) is 7.11 Å². The summed E-state index contributed by atoms with van der Waals surface area (Å²) in [5.41, 5.74) is 1.17. The van der Waals surface area contributed by atoms with Gasteiger partial charge in [-0.25, -0.2) is 0 Å². The van der Waals surface area contributed by atoms with Crippen LogP contribution >= 0.6 is 28.1 Å². The number of hydrogen-bond acceptors (Lipinski definition) is 3. The van der Waals surface area contributed by atoms with E-state index in [0.29, 0.717) is 5.92 Å². The van der Waals surface area contributed by atoms with Gasteiger partial charge in [0.05, 0.1) is 14.2 Å². The first-order valence-electron chi connectivity index (χ1n) is 8.34. The summed E-state index contributed by atoms with van der Waals surface area (Å²) in [6, 6.07) is 6.11. The molecule has 1 atom stereocenters. The fourth-order valence-corrected chi connectivity index (χ4v) is 3.76. The van der Waals surface area contributed by atoms with Crippen molar-refractivity contribution < 1.29 is 9.64 Å². The molecule has 2 aromatic rings. The summed E-state index contributed by atoms with van der Waals surface area (Å²) in [6.07, 6.45) is 2.48. The number of quaternary nitrogens is 1. The van der Waals surface area contributed by atoms with Crippen LogP contribution in [0.1, 0.15) is 37.1 Å². The van der Waals surface area contributed by atoms with Crippen LogP contribution < -0.4 is 9.64 Å². The number of aromatic nitrogens is 3. The lowest BCUT2D eigenvalue weighted by Crippen LogP contribution is -3.07. The molecule has 130 valence electrons. The number of ether oxygens (including phenoxy) is 1. The van der Waals surface area contributed by atoms with E-state index >= 15 is 0 Å². The number of nitrogens with zero attached hydrogens (tertiary/aromatic N) is 3. The summed E-state index contributed by atoms with van der Waals surface area (Å²) in [5.74, 6) is 2.69. The van der Waals surface area contributed by atoms with Gasteiger partial charge in [-0.3, -0.25) is 0 Å². The molecule has 1 saturated carbocycles. The Morgan fingerprint density at radius 3 is 2.79 bits per heavy atom. The molecule has 1 N–H and O–H groups in total. The highest BCUT2D eigenvalue weighted by atomic mass is 79.9. The van der Waals surface area contributed by atoms with E-state index in [2.05, 4.69) is 40.5 Å². The van der Waals surface area contributed by atoms with E-state index < -0.39 is 0 Å². The minimum Gasteiger partial charge on any atom is -0.496 e. The van der Waals surface area contributed by atoms with Gasteiger partial charge in [0.15, 0.2) is 6.67 Å². The second-order valence-electron chi connectivity index (χ2n) is 6.41. The van der Waals surface area contributed by atoms with Crippen LogP contribution in [0.15, 0.2) is 22.7 Å². The SMILES string of the molecule is CCn1c(C2CC2)nn(C[NH+](C)Cc2cc(Br)ccc2OC)c1=S. The number of hydrogen-bond donors (Lipinski definition) is 1. The third-order valence-electron chi connectivity index (χ3n) is 4.36. The summed E-state index contributed by atoms with van der Waals surface area (Å²) in [7, 11) is 3.87. The lowest BCUT2D eigenvalue weighted by atomic mass is 10.2. The van der Waals surface area contributed by atoms with Crippen molar-refractivity contribution in [1.29, 1.82) is 0 Å². The first kappa shape index (κ1) is 17.6. The molecule has 7 heteroatoms. The Morgan fingerprint density at radius 1 is 1.42 bits per heavy atom. The highest BCUT2D eigenvalue weighted by Gasteiger charge is 2.30. The zero-order chi connectivity index (χ0) is 17.3. The van der Waals surface area contributed by atoms with Crippen molar-refractivity contribution in [2.45, 2.75) is 45.4 Å². The number of nitrogens with one attached hydrogen (secondary N) is 1. The van der Waals surface area contributed by atoms with Gasteiger partial charge >= 0.3 is 0 Å². The van der Waals surface area contributed by atoms with Crippen molar-refractivity contribution in [3.63, 3.8) is 0 Å². The van der Waals surface area contributed by atoms with E-state index in [4.69, 9.17) is 22.1 Å². The molecule has 1 aromatic carbocycles. The third-order valence-corrected chi connectivity index (χ3v) is 5.29. The molecule has 1 fully saturated rings. The monoisotopic (exact) mass is 411 g/mol. The first-order valence-corrected chi connectivity index (χ1v) is 9.54. The lowest BCUT2D eigenvalue weighted by Gasteiger charge is -2.16. The molecular weight excluding hydrogens is 388 g/mol. The fourth-order valence-electron chi connectivity index (χ4n) is 3.02. The van der Waals surface area contributed by atoms with E-state index in [1.807, 2.05) is 16.8 Å². The molecule has 1 aliphatic carbocycles. The summed E-state index contributed by atoms with van der Waals surface area (Å²) in [6.45, 7) is 4.63. The van der Waals surface area contributed by atoms with E-state index in [-0.39, 0.29) is 0 Å². The number of methoxy groups -OCH3 is 1. The number of rotatable bonds is 7. The first-order chi connectivity index (χ1) is 11.5. The molecule has 5 nitrogen and oxygen atoms in total. The van der Waals surface area contributed by atoms with Crippen LogP contribution in [0.3, 0.4) is 0 Å². The highest BCUT2D eigenvalue weighted by molar-refractivity contribution is 9.10. The van der Waals surface area contributed by atoms with Crippen LogP contribution in [0.4, 0.5) is 0 Å². The normalized spacial score (nSPS) is 15.5. The standard InChI is InChI=1S/C17H23BrN4OS/c1-4-21-16(12-5-6-12)19-22(17(21)24)11-20(2)10-13-9-14(18)7-8-15(13)23-3/h7-9,12H,4-6,10-11H2,1-3H3/p+1. The average molecular weight is 412 g/mol. The summed E-state index contributed by atoms with van der Waals surface area (Å²) in [4.78, 5) is 1.31. The van der Waals surface area contributed by atoms with Gasteiger partial charge < -0.3 is 14.2 Å². The Kier molecular flexibility index (Phi) is 5.42. The zero-order valence-corrected chi connectivity index (χ0v) is 16.8. The average Bonchev–Trinajstić information content (AvgIpc) is 3.34. The van der Waals surface area contributed by atoms with Crippen LogP contribution in [-0.2, 0) is 19.8 Å². The van der Waals surface area contributed by atoms with Gasteiger partial charge in [-0.1, -0.05) is 15.9 Å². The van der Waals surface area contributed by atoms with Crippen LogP contribution in [-0.4, -0.2) is 28.5 Å². The van der Waals surface area contributed by atoms with Crippen molar-refractivity contribution in [3.05, 3.63) is 38.8 Å². The van der Waals surface area contributed by atoms with Gasteiger partial charge in [0.25, 0.3) is 0 Å². The van der Waals surface area contributed by atoms with Gasteiger partial charge in [0.2, 0.25) is 4.77 Å². The van der Waals surface area contributed by atoms with Crippen LogP contribution in [0.25, 0.3) is 0 Å². The highest BCUT2D eigenvalue weighted by Crippen LogP contribution is 2.39. The second-order valence-corrected chi connectivity index (χ2v) is 7.69. The topological polar surface area (TPSA) is 36.4 Å². The quantitative estimate of drug-likeness (QED) is 0.711.